The van der Waals surface area contributed by atoms with E-state index in [0.29, 0.717) is 18.3 Å². The number of piperidine rings is 1. The molecule has 2 rings (SSSR count). The molecule has 1 aromatic heterocycles. The minimum absolute atomic E-state index is 0.0609. The number of hydrogen-bond donors (Lipinski definition) is 1. The highest BCUT2D eigenvalue weighted by Crippen LogP contribution is 2.17. The summed E-state index contributed by atoms with van der Waals surface area (Å²) in [5, 5.41) is 11.5. The smallest absolute Gasteiger partial charge is 0.275 e. The van der Waals surface area contributed by atoms with Crippen LogP contribution in [-0.2, 0) is 0 Å². The molecule has 2 heterocycles. The van der Waals surface area contributed by atoms with Gasteiger partial charge in [-0.05, 0) is 38.8 Å². The summed E-state index contributed by atoms with van der Waals surface area (Å²) in [6.07, 6.45) is 7.56. The number of carbonyl (C=O) groups is 1. The molecule has 6 heteroatoms. The minimum atomic E-state index is -0.0609. The van der Waals surface area contributed by atoms with Crippen LogP contribution in [0.5, 0.6) is 0 Å². The van der Waals surface area contributed by atoms with E-state index in [4.69, 9.17) is 0 Å². The second-order valence-electron chi connectivity index (χ2n) is 5.22. The Labute approximate surface area is 119 Å². The van der Waals surface area contributed by atoms with Crippen LogP contribution in [0, 0.1) is 0 Å². The van der Waals surface area contributed by atoms with Gasteiger partial charge in [-0.15, -0.1) is 11.7 Å². The lowest BCUT2D eigenvalue weighted by Gasteiger charge is -2.22. The Morgan fingerprint density at radius 2 is 2.35 bits per heavy atom. The van der Waals surface area contributed by atoms with Crippen molar-refractivity contribution in [3.05, 3.63) is 24.5 Å². The quantitative estimate of drug-likeness (QED) is 0.628. The molecule has 1 N–H and O–H groups in total. The van der Waals surface area contributed by atoms with Gasteiger partial charge in [-0.3, -0.25) is 4.79 Å². The molecule has 1 amide bonds. The van der Waals surface area contributed by atoms with Gasteiger partial charge in [0.05, 0.1) is 12.2 Å². The number of nitrogens with one attached hydrogen (secondary N) is 1. The molecule has 0 atom stereocenters. The molecule has 1 saturated heterocycles. The van der Waals surface area contributed by atoms with Gasteiger partial charge in [-0.1, -0.05) is 11.3 Å². The van der Waals surface area contributed by atoms with Gasteiger partial charge in [0.2, 0.25) is 0 Å². The first-order valence-corrected chi connectivity index (χ1v) is 7.21. The van der Waals surface area contributed by atoms with Crippen LogP contribution < -0.4 is 5.32 Å². The predicted molar refractivity (Wildman–Crippen MR) is 77.6 cm³/mol. The summed E-state index contributed by atoms with van der Waals surface area (Å²) in [7, 11) is 1.80. The van der Waals surface area contributed by atoms with Crippen molar-refractivity contribution in [1.29, 1.82) is 0 Å². The molecule has 0 saturated carbocycles. The standard InChI is InChI=1S/C14H23N5O/c1-3-4-5-10-18(2)14(20)13-11-19(17-16-13)12-6-8-15-9-7-12/h3,11-12,15H,1,4-10H2,2H3. The monoisotopic (exact) mass is 277 g/mol. The van der Waals surface area contributed by atoms with Gasteiger partial charge in [0.15, 0.2) is 5.69 Å². The Morgan fingerprint density at radius 1 is 1.60 bits per heavy atom. The van der Waals surface area contributed by atoms with E-state index in [1.165, 1.54) is 0 Å². The topological polar surface area (TPSA) is 63.1 Å². The van der Waals surface area contributed by atoms with Crippen molar-refractivity contribution >= 4 is 5.91 Å². The van der Waals surface area contributed by atoms with Crippen LogP contribution in [0.1, 0.15) is 42.2 Å². The highest BCUT2D eigenvalue weighted by Gasteiger charge is 2.20. The Balaban J connectivity index is 1.93. The first-order valence-electron chi connectivity index (χ1n) is 7.21. The van der Waals surface area contributed by atoms with Crippen LogP contribution in [0.15, 0.2) is 18.9 Å². The lowest BCUT2D eigenvalue weighted by atomic mass is 10.1. The van der Waals surface area contributed by atoms with Crippen molar-refractivity contribution in [3.8, 4) is 0 Å². The molecule has 1 aliphatic rings. The van der Waals surface area contributed by atoms with Gasteiger partial charge >= 0.3 is 0 Å². The Kier molecular flexibility index (Phi) is 5.29. The lowest BCUT2D eigenvalue weighted by Crippen LogP contribution is -2.30. The van der Waals surface area contributed by atoms with Crippen molar-refractivity contribution < 1.29 is 4.79 Å². The maximum atomic E-state index is 12.2. The van der Waals surface area contributed by atoms with Gasteiger partial charge in [-0.25, -0.2) is 4.68 Å². The molecular weight excluding hydrogens is 254 g/mol. The maximum Gasteiger partial charge on any atom is 0.275 e. The highest BCUT2D eigenvalue weighted by molar-refractivity contribution is 5.91. The van der Waals surface area contributed by atoms with E-state index >= 15 is 0 Å². The molecular formula is C14H23N5O. The number of allylic oxidation sites excluding steroid dienone is 1. The van der Waals surface area contributed by atoms with Crippen molar-refractivity contribution in [3.63, 3.8) is 0 Å². The molecule has 1 aromatic rings. The molecule has 1 aliphatic heterocycles. The average Bonchev–Trinajstić information content (AvgIpc) is 2.97. The number of nitrogens with zero attached hydrogens (tertiary/aromatic N) is 4. The number of hydrogen-bond acceptors (Lipinski definition) is 4. The van der Waals surface area contributed by atoms with Gasteiger partial charge in [0.25, 0.3) is 5.91 Å². The molecule has 0 radical (unpaired) electrons. The fraction of sp³-hybridized carbons (Fsp3) is 0.643. The summed E-state index contributed by atoms with van der Waals surface area (Å²) in [6.45, 7) is 6.39. The molecule has 6 nitrogen and oxygen atoms in total. The van der Waals surface area contributed by atoms with E-state index in [1.807, 2.05) is 10.8 Å². The number of amides is 1. The Hall–Kier alpha value is -1.69. The SMILES string of the molecule is C=CCCCN(C)C(=O)c1cn(C2CCNCC2)nn1. The van der Waals surface area contributed by atoms with E-state index in [9.17, 15) is 4.79 Å². The highest BCUT2D eigenvalue weighted by atomic mass is 16.2. The normalized spacial score (nSPS) is 16.1. The minimum Gasteiger partial charge on any atom is -0.340 e. The van der Waals surface area contributed by atoms with Gasteiger partial charge in [-0.2, -0.15) is 0 Å². The van der Waals surface area contributed by atoms with E-state index < -0.39 is 0 Å². The van der Waals surface area contributed by atoms with E-state index in [-0.39, 0.29) is 5.91 Å². The third kappa shape index (κ3) is 3.66. The second kappa shape index (κ2) is 7.19. The molecule has 1 fully saturated rings. The third-order valence-electron chi connectivity index (χ3n) is 3.66. The molecule has 0 aromatic carbocycles. The first-order chi connectivity index (χ1) is 9.72. The van der Waals surface area contributed by atoms with Crippen molar-refractivity contribution in [2.24, 2.45) is 0 Å². The van der Waals surface area contributed by atoms with E-state index in [2.05, 4.69) is 22.2 Å². The zero-order chi connectivity index (χ0) is 14.4. The molecule has 0 bridgehead atoms. The van der Waals surface area contributed by atoms with Crippen LogP contribution in [0.3, 0.4) is 0 Å². The van der Waals surface area contributed by atoms with Crippen LogP contribution in [-0.4, -0.2) is 52.5 Å². The second-order valence-corrected chi connectivity index (χ2v) is 5.22. The largest absolute Gasteiger partial charge is 0.340 e. The zero-order valence-corrected chi connectivity index (χ0v) is 12.1. The lowest BCUT2D eigenvalue weighted by molar-refractivity contribution is 0.0788. The molecule has 0 unspecified atom stereocenters. The van der Waals surface area contributed by atoms with Gasteiger partial charge < -0.3 is 10.2 Å². The number of carbonyl (C=O) groups excluding carboxylic acids is 1. The van der Waals surface area contributed by atoms with Crippen molar-refractivity contribution in [1.82, 2.24) is 25.2 Å². The van der Waals surface area contributed by atoms with Crippen LogP contribution >= 0.6 is 0 Å². The van der Waals surface area contributed by atoms with E-state index in [1.54, 1.807) is 18.1 Å². The maximum absolute atomic E-state index is 12.2. The van der Waals surface area contributed by atoms with Gasteiger partial charge in [0.1, 0.15) is 0 Å². The predicted octanol–water partition coefficient (Wildman–Crippen LogP) is 1.24. The van der Waals surface area contributed by atoms with Crippen LogP contribution in [0.2, 0.25) is 0 Å². The fourth-order valence-corrected chi connectivity index (χ4v) is 2.39. The summed E-state index contributed by atoms with van der Waals surface area (Å²) in [5.74, 6) is -0.0609. The molecule has 0 spiro atoms. The molecule has 20 heavy (non-hydrogen) atoms. The zero-order valence-electron chi connectivity index (χ0n) is 12.1. The molecule has 110 valence electrons. The summed E-state index contributed by atoms with van der Waals surface area (Å²) in [6, 6.07) is 0.358. The summed E-state index contributed by atoms with van der Waals surface area (Å²) < 4.78 is 1.84. The summed E-state index contributed by atoms with van der Waals surface area (Å²) in [4.78, 5) is 13.9. The van der Waals surface area contributed by atoms with E-state index in [0.717, 1.165) is 38.8 Å². The third-order valence-corrected chi connectivity index (χ3v) is 3.66. The first kappa shape index (κ1) is 14.7. The molecule has 0 aliphatic carbocycles. The number of unbranched alkanes of at least 4 members (excludes halogenated alkanes) is 1. The average molecular weight is 277 g/mol. The number of rotatable bonds is 6. The summed E-state index contributed by atoms with van der Waals surface area (Å²) >= 11 is 0. The number of aromatic nitrogens is 3. The van der Waals surface area contributed by atoms with Crippen molar-refractivity contribution in [2.75, 3.05) is 26.7 Å². The Morgan fingerprint density at radius 3 is 3.05 bits per heavy atom. The fourth-order valence-electron chi connectivity index (χ4n) is 2.39. The summed E-state index contributed by atoms with van der Waals surface area (Å²) in [5.41, 5.74) is 0.435. The van der Waals surface area contributed by atoms with Crippen molar-refractivity contribution in [2.45, 2.75) is 31.7 Å². The van der Waals surface area contributed by atoms with Crippen LogP contribution in [0.4, 0.5) is 0 Å². The Bertz CT molecular complexity index is 450. The van der Waals surface area contributed by atoms with Crippen LogP contribution in [0.25, 0.3) is 0 Å². The van der Waals surface area contributed by atoms with Gasteiger partial charge in [0, 0.05) is 13.6 Å².